The molecule has 0 unspecified atom stereocenters. The second-order valence-corrected chi connectivity index (χ2v) is 42.2. The Labute approximate surface area is 823 Å². The Kier molecular flexibility index (Phi) is 39.6. The van der Waals surface area contributed by atoms with Gasteiger partial charge in [-0.1, -0.05) is 54.6 Å². The number of carboxylic acids is 1. The van der Waals surface area contributed by atoms with Gasteiger partial charge in [-0.05, 0) is 269 Å². The number of nitro benzene ring substituents is 1. The molecular formula is C97H139N19O23S2. The molecule has 3 heterocycles. The van der Waals surface area contributed by atoms with Crippen LogP contribution in [-0.4, -0.2) is 237 Å². The number of para-hydroxylation sites is 1. The number of carbonyl (C=O) groups excluding carboxylic acids is 11. The van der Waals surface area contributed by atoms with Crippen LogP contribution >= 0.6 is 0 Å². The number of carboxylic acid groups (broad SMARTS) is 1. The number of nitrogens with two attached hydrogens (primary N) is 3. The quantitative estimate of drug-likeness (QED) is 0.00636. The van der Waals surface area contributed by atoms with Gasteiger partial charge in [0.2, 0.25) is 71.0 Å². The number of ether oxygens (including phenoxy) is 4. The molecule has 0 radical (unpaired) electrons. The number of nitrogen functional groups attached to an aromatic ring is 1. The molecular weight excluding hydrogens is 1860 g/mol. The second kappa shape index (κ2) is 49.3. The number of nitrogens with one attached hydrogen (secondary N) is 12. The van der Waals surface area contributed by atoms with Gasteiger partial charge in [0.1, 0.15) is 77.6 Å². The van der Waals surface area contributed by atoms with Crippen LogP contribution in [0.1, 0.15) is 220 Å². The molecule has 0 aliphatic carbocycles. The topological polar surface area (TPSA) is 624 Å². The maximum atomic E-state index is 15.7. The van der Waals surface area contributed by atoms with Gasteiger partial charge in [0.15, 0.2) is 0 Å². The molecule has 11 amide bonds. The summed E-state index contributed by atoms with van der Waals surface area (Å²) in [5.41, 5.74) is 21.2. The minimum atomic E-state index is -4.46. The number of guanidine groups is 2. The number of rotatable bonds is 46. The average molecular weight is 2000 g/mol. The first kappa shape index (κ1) is 113. The summed E-state index contributed by atoms with van der Waals surface area (Å²) in [7, 11) is -8.90. The molecule has 8 rings (SSSR count). The van der Waals surface area contributed by atoms with E-state index < -0.39 is 211 Å². The first-order chi connectivity index (χ1) is 65.9. The largest absolute Gasteiger partial charge is 0.487 e. The average Bonchev–Trinajstić information content (AvgIpc) is 0.894. The number of benzene rings is 5. The van der Waals surface area contributed by atoms with Crippen LogP contribution in [0.2, 0.25) is 0 Å². The van der Waals surface area contributed by atoms with Crippen molar-refractivity contribution in [3.63, 3.8) is 0 Å². The molecule has 772 valence electrons. The fourth-order valence-corrected chi connectivity index (χ4v) is 19.9. The molecule has 0 spiro atoms. The van der Waals surface area contributed by atoms with Crippen LogP contribution in [-0.2, 0) is 108 Å². The lowest BCUT2D eigenvalue weighted by Crippen LogP contribution is -2.61. The number of non-ortho nitro benzene ring substituents is 1. The summed E-state index contributed by atoms with van der Waals surface area (Å²) in [6.07, 6.45) is 0.117. The van der Waals surface area contributed by atoms with Crippen LogP contribution in [0.25, 0.3) is 0 Å². The highest BCUT2D eigenvalue weighted by atomic mass is 32.2. The van der Waals surface area contributed by atoms with Crippen LogP contribution in [0.3, 0.4) is 0 Å². The van der Waals surface area contributed by atoms with Crippen molar-refractivity contribution in [3.8, 4) is 11.5 Å². The zero-order valence-corrected chi connectivity index (χ0v) is 85.2. The maximum Gasteiger partial charge on any atom is 0.322 e. The summed E-state index contributed by atoms with van der Waals surface area (Å²) in [4.78, 5) is 192. The lowest BCUT2D eigenvalue weighted by Gasteiger charge is -2.35. The number of carbonyl (C=O) groups is 12. The van der Waals surface area contributed by atoms with E-state index in [4.69, 9.17) is 36.1 Å². The molecule has 42 nitrogen and oxygen atoms in total. The van der Waals surface area contributed by atoms with Gasteiger partial charge in [0.25, 0.3) is 31.6 Å². The van der Waals surface area contributed by atoms with Gasteiger partial charge >= 0.3 is 5.97 Å². The van der Waals surface area contributed by atoms with E-state index in [1.807, 2.05) is 27.7 Å². The SMILES string of the molecule is CC(=O)N[C@@H](Cc1ccc([N+](=O)[O-])cc1)C(=O)N1CCC[C@H]1C(=O)N[C@@H](CCCN=C(N)NS(=O)(=O)c1c(C)c(C)c2c(c1C)CCC(C)(C)O2)C(=O)N[C@@H](Cc1ccccc1)C(=O)N[C@@H](CCCN=C(N)NS(=O)(=O)c1c(C)c(C)c2c(c1C)CCC(C)(C)O2)C(=O)N[C@H](C(=O)NCC(=O)N[C@@H](COC(C)(C)C)C(=O)N[C@@H](CCCCNC(=O)c1ccccc1N)C(=O)NCC(=O)O)[C@@H](C)OC(C)(C)C. The number of nitro groups is 1. The smallest absolute Gasteiger partial charge is 0.322 e. The molecule has 141 heavy (non-hydrogen) atoms. The molecule has 0 saturated carbocycles. The van der Waals surface area contributed by atoms with Gasteiger partial charge in [0, 0.05) is 63.8 Å². The normalized spacial score (nSPS) is 16.4. The van der Waals surface area contributed by atoms with Crippen LogP contribution in [0, 0.1) is 51.7 Å². The third-order valence-corrected chi connectivity index (χ3v) is 27.6. The molecule has 0 bridgehead atoms. The highest BCUT2D eigenvalue weighted by molar-refractivity contribution is 7.90. The second-order valence-electron chi connectivity index (χ2n) is 38.9. The number of amides is 11. The Morgan fingerprint density at radius 3 is 1.55 bits per heavy atom. The summed E-state index contributed by atoms with van der Waals surface area (Å²) in [6, 6.07) is 7.54. The number of anilines is 1. The Balaban J connectivity index is 1.11. The van der Waals surface area contributed by atoms with Gasteiger partial charge in [-0.25, -0.2) is 26.3 Å². The zero-order valence-electron chi connectivity index (χ0n) is 83.5. The van der Waals surface area contributed by atoms with Crippen LogP contribution < -0.4 is 89.3 Å². The number of fused-ring (bicyclic) bond motifs is 2. The number of hydrogen-bond donors (Lipinski definition) is 16. The monoisotopic (exact) mass is 2000 g/mol. The van der Waals surface area contributed by atoms with E-state index in [0.29, 0.717) is 87.3 Å². The minimum absolute atomic E-state index is 0.00371. The molecule has 5 aromatic carbocycles. The van der Waals surface area contributed by atoms with E-state index in [0.717, 1.165) is 5.56 Å². The molecule has 0 aromatic heterocycles. The van der Waals surface area contributed by atoms with E-state index in [1.54, 1.807) is 138 Å². The highest BCUT2D eigenvalue weighted by Crippen LogP contribution is 2.44. The summed E-state index contributed by atoms with van der Waals surface area (Å²) >= 11 is 0. The molecule has 19 N–H and O–H groups in total. The van der Waals surface area contributed by atoms with Crippen LogP contribution in [0.4, 0.5) is 11.4 Å². The predicted octanol–water partition coefficient (Wildman–Crippen LogP) is 4.51. The van der Waals surface area contributed by atoms with Crippen LogP contribution in [0.5, 0.6) is 11.5 Å². The molecule has 1 saturated heterocycles. The fourth-order valence-electron chi connectivity index (χ4n) is 16.9. The summed E-state index contributed by atoms with van der Waals surface area (Å²) in [5, 5.41) is 47.2. The van der Waals surface area contributed by atoms with E-state index in [-0.39, 0.29) is 117 Å². The number of aliphatic imine (C=N–C) groups is 2. The van der Waals surface area contributed by atoms with Crippen LogP contribution in [0.15, 0.2) is 98.6 Å². The molecule has 9 atom stereocenters. The van der Waals surface area contributed by atoms with Crippen molar-refractivity contribution in [2.75, 3.05) is 51.6 Å². The minimum Gasteiger partial charge on any atom is -0.487 e. The lowest BCUT2D eigenvalue weighted by molar-refractivity contribution is -0.384. The third-order valence-electron chi connectivity index (χ3n) is 24.3. The molecule has 5 aromatic rings. The van der Waals surface area contributed by atoms with E-state index in [1.165, 1.54) is 43.0 Å². The Bertz CT molecular complexity index is 5740. The van der Waals surface area contributed by atoms with Crippen molar-refractivity contribution in [2.24, 2.45) is 21.5 Å². The van der Waals surface area contributed by atoms with E-state index in [2.05, 4.69) is 72.6 Å². The Morgan fingerprint density at radius 1 is 0.560 bits per heavy atom. The third kappa shape index (κ3) is 33.0. The van der Waals surface area contributed by atoms with Gasteiger partial charge < -0.3 is 99.3 Å². The number of aliphatic carboxylic acids is 1. The van der Waals surface area contributed by atoms with Gasteiger partial charge in [-0.2, -0.15) is 0 Å². The fraction of sp³-hybridized carbons (Fsp3) is 0.546. The molecule has 3 aliphatic heterocycles. The first-order valence-electron chi connectivity index (χ1n) is 47.0. The van der Waals surface area contributed by atoms with E-state index >= 15 is 19.2 Å². The molecule has 1 fully saturated rings. The summed E-state index contributed by atoms with van der Waals surface area (Å²) in [5.74, 6) is -11.0. The van der Waals surface area contributed by atoms with E-state index in [9.17, 15) is 70.4 Å². The highest BCUT2D eigenvalue weighted by Gasteiger charge is 2.43. The maximum absolute atomic E-state index is 15.7. The number of nitrogens with zero attached hydrogens (tertiary/aromatic N) is 4. The standard InChI is InChI=1S/C97H139N19O23S2/c1-54-56(3)81(58(5)65-41-43-96(15,16)138-79(54)65)140(132,133)113-92(99)102-46-26-34-70(110-89(127)75-36-28-48-115(75)91(129)73(106-61(8)117)50-63-37-39-64(40-38-63)116(130)131)85(123)111-72(49-62-29-20-19-21-30-62)87(125)109-71(35-27-47-103-93(100)114-141(134,135)82-57(4)55(2)80-66(59(82)6)42-44-97(17,18)139-80)86(124)112-78(60(7)137-95(12,13)14)90(128)104-51-76(118)107-74(53-136-94(9,10)11)88(126)108-69(84(122)105-52-77(119)120)33-24-25-45-101-83(121)67-31-22-23-32-68(67)98/h19-23,29-32,37-40,60,69-75,78H,24-28,33-36,41-53,98H2,1-18H3,(H,101,121)(H,104,128)(H,105,122)(H,106,117)(H,107,118)(H,108,126)(H,109,125)(H,110,127)(H,111,123)(H,112,124)(H,119,120)(H3,99,102,113)(H3,100,103,114)/t60-,69+,70+,71+,72+,73+,74+,75+,78+/m1/s1. The van der Waals surface area contributed by atoms with Gasteiger partial charge in [-0.3, -0.25) is 77.6 Å². The number of hydrogen-bond acceptors (Lipinski definition) is 25. The Hall–Kier alpha value is -13.1. The van der Waals surface area contributed by atoms with Crippen molar-refractivity contribution in [3.05, 3.63) is 150 Å². The number of unbranched alkanes of at least 4 members (excludes halogenated alkanes) is 1. The predicted molar refractivity (Wildman–Crippen MR) is 527 cm³/mol. The van der Waals surface area contributed by atoms with Crippen molar-refractivity contribution < 1.29 is 103 Å². The van der Waals surface area contributed by atoms with Gasteiger partial charge in [0.05, 0.1) is 50.7 Å². The molecule has 44 heteroatoms. The van der Waals surface area contributed by atoms with Crippen molar-refractivity contribution in [1.82, 2.24) is 67.5 Å². The zero-order chi connectivity index (χ0) is 105. The lowest BCUT2D eigenvalue weighted by atomic mass is 9.88. The van der Waals surface area contributed by atoms with Crippen molar-refractivity contribution >= 4 is 114 Å². The number of sulfonamides is 2. The summed E-state index contributed by atoms with van der Waals surface area (Å²) < 4.78 is 87.5. The summed E-state index contributed by atoms with van der Waals surface area (Å²) in [6.45, 7) is 27.7. The Morgan fingerprint density at radius 2 is 1.04 bits per heavy atom. The van der Waals surface area contributed by atoms with Crippen molar-refractivity contribution in [2.45, 2.75) is 308 Å². The van der Waals surface area contributed by atoms with Gasteiger partial charge in [-0.15, -0.1) is 0 Å². The van der Waals surface area contributed by atoms with Crippen molar-refractivity contribution in [1.29, 1.82) is 0 Å². The first-order valence-corrected chi connectivity index (χ1v) is 50.0. The molecule has 3 aliphatic rings. The number of likely N-dealkylation sites (tertiary alicyclic amines) is 1.